The molecular weight excluding hydrogens is 260 g/mol. The molecule has 0 saturated heterocycles. The number of carboxylic acid groups (broad SMARTS) is 1. The number of amides is 1. The Balaban J connectivity index is 2.40. The number of nitrogens with zero attached hydrogens (tertiary/aromatic N) is 2. The van der Waals surface area contributed by atoms with Crippen molar-refractivity contribution in [3.63, 3.8) is 0 Å². The maximum atomic E-state index is 12.3. The summed E-state index contributed by atoms with van der Waals surface area (Å²) in [7, 11) is 0. The van der Waals surface area contributed by atoms with E-state index >= 15 is 0 Å². The van der Waals surface area contributed by atoms with Crippen LogP contribution < -0.4 is 4.90 Å². The topological polar surface area (TPSA) is 90.7 Å². The number of hydrogen-bond acceptors (Lipinski definition) is 4. The van der Waals surface area contributed by atoms with Crippen LogP contribution in [0.2, 0.25) is 0 Å². The van der Waals surface area contributed by atoms with E-state index in [-0.39, 0.29) is 11.4 Å². The number of anilines is 1. The van der Waals surface area contributed by atoms with Gasteiger partial charge in [-0.3, -0.25) is 14.5 Å². The van der Waals surface area contributed by atoms with Gasteiger partial charge in [-0.15, -0.1) is 0 Å². The van der Waals surface area contributed by atoms with Gasteiger partial charge in [-0.2, -0.15) is 0 Å². The lowest BCUT2D eigenvalue weighted by Gasteiger charge is -2.20. The molecule has 0 fully saturated rings. The average molecular weight is 272 g/mol. The van der Waals surface area contributed by atoms with Gasteiger partial charge in [0.1, 0.15) is 12.3 Å². The van der Waals surface area contributed by atoms with Crippen LogP contribution in [0.5, 0.6) is 5.75 Å². The van der Waals surface area contributed by atoms with Gasteiger partial charge in [-0.05, 0) is 24.3 Å². The standard InChI is InChI=1S/C14H12N2O4/c17-11-7-4-8-15-13(11)14(20)16(9-12(18)19)10-5-2-1-3-6-10/h1-8,17H,9H2,(H,18,19). The third-order valence-electron chi connectivity index (χ3n) is 2.60. The summed E-state index contributed by atoms with van der Waals surface area (Å²) in [5.74, 6) is -2.11. The van der Waals surface area contributed by atoms with Crippen molar-refractivity contribution in [2.75, 3.05) is 11.4 Å². The second-order valence-electron chi connectivity index (χ2n) is 3.99. The third-order valence-corrected chi connectivity index (χ3v) is 2.60. The maximum Gasteiger partial charge on any atom is 0.323 e. The van der Waals surface area contributed by atoms with E-state index in [0.29, 0.717) is 5.69 Å². The van der Waals surface area contributed by atoms with Crippen LogP contribution in [0.1, 0.15) is 10.5 Å². The predicted octanol–water partition coefficient (Wildman–Crippen LogP) is 1.52. The number of aliphatic carboxylic acids is 1. The summed E-state index contributed by atoms with van der Waals surface area (Å²) < 4.78 is 0. The van der Waals surface area contributed by atoms with Gasteiger partial charge in [-0.25, -0.2) is 4.98 Å². The summed E-state index contributed by atoms with van der Waals surface area (Å²) in [6.45, 7) is -0.515. The summed E-state index contributed by atoms with van der Waals surface area (Å²) in [5.41, 5.74) is 0.238. The quantitative estimate of drug-likeness (QED) is 0.880. The molecule has 6 heteroatoms. The molecule has 0 spiro atoms. The molecule has 6 nitrogen and oxygen atoms in total. The molecule has 0 aliphatic heterocycles. The van der Waals surface area contributed by atoms with Crippen LogP contribution in [0.25, 0.3) is 0 Å². The number of aromatic hydroxyl groups is 1. The van der Waals surface area contributed by atoms with Crippen molar-refractivity contribution in [2.45, 2.75) is 0 Å². The molecule has 102 valence electrons. The molecule has 1 aromatic carbocycles. The van der Waals surface area contributed by atoms with Gasteiger partial charge in [0.15, 0.2) is 5.69 Å². The zero-order chi connectivity index (χ0) is 14.5. The maximum absolute atomic E-state index is 12.3. The molecule has 0 radical (unpaired) electrons. The predicted molar refractivity (Wildman–Crippen MR) is 71.7 cm³/mol. The molecule has 0 atom stereocenters. The minimum atomic E-state index is -1.15. The lowest BCUT2D eigenvalue weighted by molar-refractivity contribution is -0.135. The molecule has 1 aromatic heterocycles. The first-order chi connectivity index (χ1) is 9.59. The van der Waals surface area contributed by atoms with Crippen LogP contribution in [0.3, 0.4) is 0 Å². The van der Waals surface area contributed by atoms with Gasteiger partial charge < -0.3 is 10.2 Å². The fraction of sp³-hybridized carbons (Fsp3) is 0.0714. The van der Waals surface area contributed by atoms with E-state index < -0.39 is 18.4 Å². The Kier molecular flexibility index (Phi) is 3.95. The van der Waals surface area contributed by atoms with Crippen LogP contribution in [0.15, 0.2) is 48.7 Å². The summed E-state index contributed by atoms with van der Waals surface area (Å²) in [6.07, 6.45) is 1.36. The minimum Gasteiger partial charge on any atom is -0.505 e. The average Bonchev–Trinajstić information content (AvgIpc) is 2.45. The van der Waals surface area contributed by atoms with Crippen molar-refractivity contribution < 1.29 is 19.8 Å². The number of rotatable bonds is 4. The van der Waals surface area contributed by atoms with Crippen molar-refractivity contribution in [3.8, 4) is 5.75 Å². The van der Waals surface area contributed by atoms with Gasteiger partial charge in [0.05, 0.1) is 0 Å². The Hall–Kier alpha value is -2.89. The number of benzene rings is 1. The monoisotopic (exact) mass is 272 g/mol. The minimum absolute atomic E-state index is 0.183. The van der Waals surface area contributed by atoms with Gasteiger partial charge in [-0.1, -0.05) is 18.2 Å². The van der Waals surface area contributed by atoms with E-state index in [4.69, 9.17) is 5.11 Å². The first-order valence-electron chi connectivity index (χ1n) is 5.82. The fourth-order valence-corrected chi connectivity index (χ4v) is 1.71. The SMILES string of the molecule is O=C(O)CN(C(=O)c1ncccc1O)c1ccccc1. The zero-order valence-electron chi connectivity index (χ0n) is 10.4. The van der Waals surface area contributed by atoms with Crippen LogP contribution in [0.4, 0.5) is 5.69 Å². The highest BCUT2D eigenvalue weighted by atomic mass is 16.4. The Morgan fingerprint density at radius 1 is 1.10 bits per heavy atom. The van der Waals surface area contributed by atoms with E-state index in [1.165, 1.54) is 18.3 Å². The number of pyridine rings is 1. The molecule has 1 heterocycles. The first kappa shape index (κ1) is 13.5. The molecule has 20 heavy (non-hydrogen) atoms. The number of para-hydroxylation sites is 1. The Morgan fingerprint density at radius 3 is 2.40 bits per heavy atom. The van der Waals surface area contributed by atoms with Gasteiger partial charge in [0.25, 0.3) is 5.91 Å². The van der Waals surface area contributed by atoms with Crippen LogP contribution in [-0.4, -0.2) is 33.6 Å². The molecule has 1 amide bonds. The van der Waals surface area contributed by atoms with E-state index in [2.05, 4.69) is 4.98 Å². The van der Waals surface area contributed by atoms with Gasteiger partial charge >= 0.3 is 5.97 Å². The van der Waals surface area contributed by atoms with Crippen molar-refractivity contribution in [2.24, 2.45) is 0 Å². The largest absolute Gasteiger partial charge is 0.505 e. The van der Waals surface area contributed by atoms with E-state index in [9.17, 15) is 14.7 Å². The van der Waals surface area contributed by atoms with Crippen molar-refractivity contribution >= 4 is 17.6 Å². The second-order valence-corrected chi connectivity index (χ2v) is 3.99. The molecule has 2 aromatic rings. The summed E-state index contributed by atoms with van der Waals surface area (Å²) in [5, 5.41) is 18.6. The number of hydrogen-bond donors (Lipinski definition) is 2. The molecular formula is C14H12N2O4. The van der Waals surface area contributed by atoms with E-state index in [1.54, 1.807) is 30.3 Å². The molecule has 0 unspecified atom stereocenters. The lowest BCUT2D eigenvalue weighted by atomic mass is 10.2. The molecule has 0 aliphatic carbocycles. The van der Waals surface area contributed by atoms with Crippen molar-refractivity contribution in [1.29, 1.82) is 0 Å². The highest BCUT2D eigenvalue weighted by molar-refractivity contribution is 6.08. The number of carbonyl (C=O) groups excluding carboxylic acids is 1. The third kappa shape index (κ3) is 2.92. The lowest BCUT2D eigenvalue weighted by Crippen LogP contribution is -2.36. The highest BCUT2D eigenvalue weighted by Crippen LogP contribution is 2.20. The van der Waals surface area contributed by atoms with E-state index in [1.807, 2.05) is 0 Å². The van der Waals surface area contributed by atoms with Gasteiger partial charge in [0, 0.05) is 11.9 Å². The molecule has 0 bridgehead atoms. The Morgan fingerprint density at radius 2 is 1.80 bits per heavy atom. The van der Waals surface area contributed by atoms with Crippen molar-refractivity contribution in [3.05, 3.63) is 54.4 Å². The van der Waals surface area contributed by atoms with Crippen LogP contribution in [-0.2, 0) is 4.79 Å². The number of aromatic nitrogens is 1. The highest BCUT2D eigenvalue weighted by Gasteiger charge is 2.23. The zero-order valence-corrected chi connectivity index (χ0v) is 10.4. The normalized spacial score (nSPS) is 10.0. The second kappa shape index (κ2) is 5.83. The molecule has 0 aliphatic rings. The number of carbonyl (C=O) groups is 2. The number of carboxylic acids is 1. The fourth-order valence-electron chi connectivity index (χ4n) is 1.71. The summed E-state index contributed by atoms with van der Waals surface area (Å²) >= 11 is 0. The molecule has 2 N–H and O–H groups in total. The Labute approximate surface area is 114 Å². The van der Waals surface area contributed by atoms with Crippen LogP contribution in [0, 0.1) is 0 Å². The van der Waals surface area contributed by atoms with Crippen LogP contribution >= 0.6 is 0 Å². The van der Waals surface area contributed by atoms with Gasteiger partial charge in [0.2, 0.25) is 0 Å². The van der Waals surface area contributed by atoms with Crippen molar-refractivity contribution in [1.82, 2.24) is 4.98 Å². The summed E-state index contributed by atoms with van der Waals surface area (Å²) in [4.78, 5) is 28.1. The summed E-state index contributed by atoms with van der Waals surface area (Å²) in [6, 6.07) is 11.2. The Bertz CT molecular complexity index is 628. The first-order valence-corrected chi connectivity index (χ1v) is 5.82. The molecule has 0 saturated carbocycles. The van der Waals surface area contributed by atoms with E-state index in [0.717, 1.165) is 4.90 Å². The smallest absolute Gasteiger partial charge is 0.323 e. The molecule has 2 rings (SSSR count).